The number of pyridine rings is 1. The number of carbonyl (C=O) groups is 1. The number of esters is 1. The molecule has 0 N–H and O–H groups in total. The fourth-order valence-electron chi connectivity index (χ4n) is 1.52. The van der Waals surface area contributed by atoms with Gasteiger partial charge in [0, 0.05) is 18.7 Å². The molecule has 1 fully saturated rings. The summed E-state index contributed by atoms with van der Waals surface area (Å²) in [5.74, 6) is -0.121. The average molecular weight is 242 g/mol. The number of ether oxygens (including phenoxy) is 2. The standard InChI is InChI=1S/C11H12ClNO3/c12-10-9(2-1-4-13-10)11(14)16-7-8-3-5-15-6-8/h1-2,4,8H,3,5-7H2. The van der Waals surface area contributed by atoms with Crippen LogP contribution in [0.3, 0.4) is 0 Å². The van der Waals surface area contributed by atoms with E-state index in [1.807, 2.05) is 0 Å². The van der Waals surface area contributed by atoms with Crippen LogP contribution in [0.2, 0.25) is 5.15 Å². The summed E-state index contributed by atoms with van der Waals surface area (Å²) in [5, 5.41) is 0.176. The quantitative estimate of drug-likeness (QED) is 0.599. The summed E-state index contributed by atoms with van der Waals surface area (Å²) in [6, 6.07) is 3.25. The van der Waals surface area contributed by atoms with E-state index in [0.717, 1.165) is 13.0 Å². The Labute approximate surface area is 98.5 Å². The Kier molecular flexibility index (Phi) is 3.74. The molecule has 1 aliphatic rings. The van der Waals surface area contributed by atoms with Crippen LogP contribution in [0, 0.1) is 5.92 Å². The van der Waals surface area contributed by atoms with Gasteiger partial charge >= 0.3 is 5.97 Å². The maximum atomic E-state index is 11.6. The van der Waals surface area contributed by atoms with E-state index < -0.39 is 5.97 Å². The number of halogens is 1. The third-order valence-electron chi connectivity index (χ3n) is 2.45. The number of hydrogen-bond acceptors (Lipinski definition) is 4. The minimum absolute atomic E-state index is 0.176. The van der Waals surface area contributed by atoms with Crippen LogP contribution >= 0.6 is 11.6 Å². The molecule has 0 bridgehead atoms. The van der Waals surface area contributed by atoms with E-state index in [1.54, 1.807) is 12.1 Å². The zero-order valence-electron chi connectivity index (χ0n) is 8.69. The molecule has 0 amide bonds. The van der Waals surface area contributed by atoms with Gasteiger partial charge in [0.25, 0.3) is 0 Å². The van der Waals surface area contributed by atoms with Gasteiger partial charge in [-0.1, -0.05) is 11.6 Å². The molecule has 86 valence electrons. The normalized spacial score (nSPS) is 19.7. The zero-order valence-corrected chi connectivity index (χ0v) is 9.44. The van der Waals surface area contributed by atoms with Crippen LogP contribution < -0.4 is 0 Å². The molecular weight excluding hydrogens is 230 g/mol. The topological polar surface area (TPSA) is 48.4 Å². The summed E-state index contributed by atoms with van der Waals surface area (Å²) in [6.07, 6.45) is 2.47. The largest absolute Gasteiger partial charge is 0.462 e. The Balaban J connectivity index is 1.90. The van der Waals surface area contributed by atoms with Crippen molar-refractivity contribution in [2.75, 3.05) is 19.8 Å². The van der Waals surface area contributed by atoms with Crippen molar-refractivity contribution >= 4 is 17.6 Å². The highest BCUT2D eigenvalue weighted by atomic mass is 35.5. The van der Waals surface area contributed by atoms with Crippen LogP contribution in [0.4, 0.5) is 0 Å². The molecule has 0 radical (unpaired) electrons. The number of rotatable bonds is 3. The van der Waals surface area contributed by atoms with Crippen molar-refractivity contribution in [2.45, 2.75) is 6.42 Å². The van der Waals surface area contributed by atoms with E-state index in [4.69, 9.17) is 21.1 Å². The lowest BCUT2D eigenvalue weighted by Gasteiger charge is -2.09. The second-order valence-electron chi connectivity index (χ2n) is 3.67. The lowest BCUT2D eigenvalue weighted by atomic mass is 10.1. The Bertz CT molecular complexity index is 377. The minimum Gasteiger partial charge on any atom is -0.462 e. The fraction of sp³-hybridized carbons (Fsp3) is 0.455. The van der Waals surface area contributed by atoms with Crippen molar-refractivity contribution in [2.24, 2.45) is 5.92 Å². The number of hydrogen-bond donors (Lipinski definition) is 0. The lowest BCUT2D eigenvalue weighted by molar-refractivity contribution is 0.0428. The van der Waals surface area contributed by atoms with E-state index in [1.165, 1.54) is 6.20 Å². The number of carbonyl (C=O) groups excluding carboxylic acids is 1. The SMILES string of the molecule is O=C(OCC1CCOC1)c1cccnc1Cl. The maximum absolute atomic E-state index is 11.6. The van der Waals surface area contributed by atoms with Crippen LogP contribution in [-0.4, -0.2) is 30.8 Å². The number of nitrogens with zero attached hydrogens (tertiary/aromatic N) is 1. The molecule has 16 heavy (non-hydrogen) atoms. The third-order valence-corrected chi connectivity index (χ3v) is 2.75. The average Bonchev–Trinajstić information content (AvgIpc) is 2.79. The summed E-state index contributed by atoms with van der Waals surface area (Å²) >= 11 is 5.78. The molecule has 1 unspecified atom stereocenters. The molecule has 5 heteroatoms. The number of aromatic nitrogens is 1. The Morgan fingerprint density at radius 2 is 2.56 bits per heavy atom. The van der Waals surface area contributed by atoms with Crippen LogP contribution in [0.15, 0.2) is 18.3 Å². The maximum Gasteiger partial charge on any atom is 0.341 e. The monoisotopic (exact) mass is 241 g/mol. The molecule has 1 aromatic rings. The van der Waals surface area contributed by atoms with Gasteiger partial charge in [0.2, 0.25) is 0 Å². The second-order valence-corrected chi connectivity index (χ2v) is 4.03. The third kappa shape index (κ3) is 2.71. The van der Waals surface area contributed by atoms with Crippen molar-refractivity contribution in [3.8, 4) is 0 Å². The predicted octanol–water partition coefficient (Wildman–Crippen LogP) is 1.93. The van der Waals surface area contributed by atoms with Crippen LogP contribution in [-0.2, 0) is 9.47 Å². The van der Waals surface area contributed by atoms with Crippen molar-refractivity contribution in [3.63, 3.8) is 0 Å². The lowest BCUT2D eigenvalue weighted by Crippen LogP contribution is -2.14. The van der Waals surface area contributed by atoms with Crippen molar-refractivity contribution in [1.82, 2.24) is 4.98 Å². The molecule has 0 aliphatic carbocycles. The van der Waals surface area contributed by atoms with E-state index in [-0.39, 0.29) is 5.15 Å². The highest BCUT2D eigenvalue weighted by molar-refractivity contribution is 6.32. The van der Waals surface area contributed by atoms with E-state index >= 15 is 0 Å². The van der Waals surface area contributed by atoms with Gasteiger partial charge in [0.1, 0.15) is 5.15 Å². The Morgan fingerprint density at radius 3 is 3.25 bits per heavy atom. The molecule has 1 saturated heterocycles. The molecule has 1 aliphatic heterocycles. The van der Waals surface area contributed by atoms with Crippen molar-refractivity contribution < 1.29 is 14.3 Å². The molecule has 2 rings (SSSR count). The van der Waals surface area contributed by atoms with Gasteiger partial charge in [0.15, 0.2) is 0 Å². The molecule has 4 nitrogen and oxygen atoms in total. The molecule has 0 saturated carbocycles. The summed E-state index contributed by atoms with van der Waals surface area (Å²) in [5.41, 5.74) is 0.308. The van der Waals surface area contributed by atoms with E-state index in [9.17, 15) is 4.79 Å². The Morgan fingerprint density at radius 1 is 1.69 bits per heavy atom. The fourth-order valence-corrected chi connectivity index (χ4v) is 1.72. The molecule has 0 spiro atoms. The van der Waals surface area contributed by atoms with Gasteiger partial charge < -0.3 is 9.47 Å². The smallest absolute Gasteiger partial charge is 0.341 e. The zero-order chi connectivity index (χ0) is 11.4. The highest BCUT2D eigenvalue weighted by Crippen LogP contribution is 2.16. The van der Waals surface area contributed by atoms with Crippen LogP contribution in [0.25, 0.3) is 0 Å². The van der Waals surface area contributed by atoms with Gasteiger partial charge in [-0.05, 0) is 18.6 Å². The van der Waals surface area contributed by atoms with Gasteiger partial charge in [-0.25, -0.2) is 9.78 Å². The first-order valence-electron chi connectivity index (χ1n) is 5.13. The van der Waals surface area contributed by atoms with Gasteiger partial charge in [-0.15, -0.1) is 0 Å². The van der Waals surface area contributed by atoms with Gasteiger partial charge in [-0.2, -0.15) is 0 Å². The first-order valence-corrected chi connectivity index (χ1v) is 5.50. The summed E-state index contributed by atoms with van der Waals surface area (Å²) < 4.78 is 10.3. The van der Waals surface area contributed by atoms with Crippen LogP contribution in [0.1, 0.15) is 16.8 Å². The summed E-state index contributed by atoms with van der Waals surface area (Å²) in [4.78, 5) is 15.5. The van der Waals surface area contributed by atoms with Crippen molar-refractivity contribution in [1.29, 1.82) is 0 Å². The van der Waals surface area contributed by atoms with Gasteiger partial charge in [0.05, 0.1) is 18.8 Å². The minimum atomic E-state index is -0.426. The highest BCUT2D eigenvalue weighted by Gasteiger charge is 2.19. The molecular formula is C11H12ClNO3. The summed E-state index contributed by atoms with van der Waals surface area (Å²) in [6.45, 7) is 1.79. The Hall–Kier alpha value is -1.13. The molecule has 2 heterocycles. The molecule has 0 aromatic carbocycles. The van der Waals surface area contributed by atoms with Crippen LogP contribution in [0.5, 0.6) is 0 Å². The summed E-state index contributed by atoms with van der Waals surface area (Å²) in [7, 11) is 0. The van der Waals surface area contributed by atoms with E-state index in [0.29, 0.717) is 24.7 Å². The second kappa shape index (κ2) is 5.27. The van der Waals surface area contributed by atoms with Crippen molar-refractivity contribution in [3.05, 3.63) is 29.0 Å². The van der Waals surface area contributed by atoms with Gasteiger partial charge in [-0.3, -0.25) is 0 Å². The first kappa shape index (κ1) is 11.4. The van der Waals surface area contributed by atoms with E-state index in [2.05, 4.69) is 4.98 Å². The first-order chi connectivity index (χ1) is 7.77. The predicted molar refractivity (Wildman–Crippen MR) is 58.5 cm³/mol. The molecule has 1 aromatic heterocycles. The molecule has 1 atom stereocenters.